The third-order valence-electron chi connectivity index (χ3n) is 1.91. The molecule has 3 nitrogen and oxygen atoms in total. The van der Waals surface area contributed by atoms with E-state index in [1.54, 1.807) is 6.08 Å². The minimum Gasteiger partial charge on any atom is -0.375 e. The Bertz CT molecular complexity index is 183. The smallest absolute Gasteiger partial charge is 0.235 e. The summed E-state index contributed by atoms with van der Waals surface area (Å²) in [5.41, 5.74) is -0.122. The second-order valence-electron chi connectivity index (χ2n) is 3.48. The van der Waals surface area contributed by atoms with Gasteiger partial charge in [-0.25, -0.2) is 9.79 Å². The fraction of sp³-hybridized carbons (Fsp3) is 0.875. The van der Waals surface area contributed by atoms with Crippen LogP contribution in [0.15, 0.2) is 4.99 Å². The van der Waals surface area contributed by atoms with Gasteiger partial charge in [0.1, 0.15) is 0 Å². The molecule has 0 aliphatic carbocycles. The Hall–Kier alpha value is -0.660. The Balaban J connectivity index is 2.52. The van der Waals surface area contributed by atoms with Gasteiger partial charge < -0.3 is 4.74 Å². The molecule has 1 atom stereocenters. The van der Waals surface area contributed by atoms with Crippen molar-refractivity contribution in [2.45, 2.75) is 38.3 Å². The molecule has 3 heteroatoms. The standard InChI is InChI=1S/C8H13NO2/c1-8(2)5-7(9-6-10)3-4-11-8/h7H,3-5H2,1-2H3. The van der Waals surface area contributed by atoms with Crippen LogP contribution < -0.4 is 0 Å². The highest BCUT2D eigenvalue weighted by Crippen LogP contribution is 2.25. The predicted octanol–water partition coefficient (Wildman–Crippen LogP) is 1.28. The summed E-state index contributed by atoms with van der Waals surface area (Å²) >= 11 is 0. The molecule has 0 aromatic rings. The highest BCUT2D eigenvalue weighted by molar-refractivity contribution is 5.33. The molecule has 0 bridgehead atoms. The van der Waals surface area contributed by atoms with Crippen LogP contribution in [0.5, 0.6) is 0 Å². The van der Waals surface area contributed by atoms with Gasteiger partial charge >= 0.3 is 0 Å². The minimum atomic E-state index is -0.122. The Morgan fingerprint density at radius 2 is 2.36 bits per heavy atom. The lowest BCUT2D eigenvalue weighted by molar-refractivity contribution is -0.0575. The van der Waals surface area contributed by atoms with Gasteiger partial charge in [-0.15, -0.1) is 0 Å². The zero-order valence-corrected chi connectivity index (χ0v) is 6.96. The summed E-state index contributed by atoms with van der Waals surface area (Å²) in [6, 6.07) is 0.122. The molecule has 0 aromatic carbocycles. The van der Waals surface area contributed by atoms with Crippen molar-refractivity contribution in [2.75, 3.05) is 6.61 Å². The van der Waals surface area contributed by atoms with Crippen molar-refractivity contribution >= 4 is 6.08 Å². The zero-order chi connectivity index (χ0) is 8.32. The van der Waals surface area contributed by atoms with E-state index in [0.29, 0.717) is 6.61 Å². The van der Waals surface area contributed by atoms with Crippen molar-refractivity contribution in [1.82, 2.24) is 0 Å². The number of hydrogen-bond acceptors (Lipinski definition) is 3. The summed E-state index contributed by atoms with van der Waals surface area (Å²) in [7, 11) is 0. The number of aliphatic imine (C=N–C) groups is 1. The van der Waals surface area contributed by atoms with Crippen LogP contribution in [0, 0.1) is 0 Å². The van der Waals surface area contributed by atoms with E-state index < -0.39 is 0 Å². The summed E-state index contributed by atoms with van der Waals surface area (Å²) in [6.07, 6.45) is 3.26. The molecule has 1 aliphatic rings. The summed E-state index contributed by atoms with van der Waals surface area (Å²) in [4.78, 5) is 13.6. The normalized spacial score (nSPS) is 29.1. The fourth-order valence-corrected chi connectivity index (χ4v) is 1.38. The number of rotatable bonds is 1. The average Bonchev–Trinajstić information content (AvgIpc) is 1.85. The van der Waals surface area contributed by atoms with E-state index in [0.717, 1.165) is 12.8 Å². The predicted molar refractivity (Wildman–Crippen MR) is 41.2 cm³/mol. The zero-order valence-electron chi connectivity index (χ0n) is 6.96. The number of hydrogen-bond donors (Lipinski definition) is 0. The van der Waals surface area contributed by atoms with Gasteiger partial charge in [-0.05, 0) is 26.7 Å². The molecular weight excluding hydrogens is 142 g/mol. The largest absolute Gasteiger partial charge is 0.375 e. The first-order chi connectivity index (χ1) is 5.14. The molecule has 1 aliphatic heterocycles. The molecule has 1 saturated heterocycles. The molecule has 0 aromatic heterocycles. The van der Waals surface area contributed by atoms with Crippen LogP contribution in [-0.2, 0) is 9.53 Å². The first-order valence-corrected chi connectivity index (χ1v) is 3.85. The Morgan fingerprint density at radius 1 is 1.64 bits per heavy atom. The van der Waals surface area contributed by atoms with Crippen LogP contribution in [0.3, 0.4) is 0 Å². The van der Waals surface area contributed by atoms with Gasteiger partial charge in [0.2, 0.25) is 6.08 Å². The van der Waals surface area contributed by atoms with Gasteiger partial charge in [-0.1, -0.05) is 0 Å². The second kappa shape index (κ2) is 3.16. The van der Waals surface area contributed by atoms with E-state index in [1.165, 1.54) is 0 Å². The first kappa shape index (κ1) is 8.44. The van der Waals surface area contributed by atoms with E-state index in [9.17, 15) is 4.79 Å². The molecule has 1 unspecified atom stereocenters. The molecule has 0 amide bonds. The monoisotopic (exact) mass is 155 g/mol. The van der Waals surface area contributed by atoms with Gasteiger partial charge in [-0.2, -0.15) is 0 Å². The van der Waals surface area contributed by atoms with Gasteiger partial charge in [0.15, 0.2) is 0 Å². The maximum Gasteiger partial charge on any atom is 0.235 e. The third-order valence-corrected chi connectivity index (χ3v) is 1.91. The molecule has 62 valence electrons. The minimum absolute atomic E-state index is 0.122. The molecule has 0 radical (unpaired) electrons. The van der Waals surface area contributed by atoms with Gasteiger partial charge in [0, 0.05) is 6.61 Å². The lowest BCUT2D eigenvalue weighted by Gasteiger charge is -2.32. The molecule has 0 N–H and O–H groups in total. The molecule has 1 rings (SSSR count). The third kappa shape index (κ3) is 2.45. The summed E-state index contributed by atoms with van der Waals surface area (Å²) in [6.45, 7) is 4.72. The average molecular weight is 155 g/mol. The summed E-state index contributed by atoms with van der Waals surface area (Å²) in [5, 5.41) is 0. The van der Waals surface area contributed by atoms with Crippen LogP contribution in [0.2, 0.25) is 0 Å². The molecule has 1 fully saturated rings. The van der Waals surface area contributed by atoms with Crippen LogP contribution in [0.4, 0.5) is 0 Å². The topological polar surface area (TPSA) is 38.7 Å². The van der Waals surface area contributed by atoms with Crippen molar-refractivity contribution < 1.29 is 9.53 Å². The van der Waals surface area contributed by atoms with Crippen LogP contribution in [0.1, 0.15) is 26.7 Å². The maximum absolute atomic E-state index is 9.95. The summed E-state index contributed by atoms with van der Waals surface area (Å²) < 4.78 is 5.45. The molecule has 11 heavy (non-hydrogen) atoms. The number of ether oxygens (including phenoxy) is 1. The number of isocyanates is 1. The van der Waals surface area contributed by atoms with Crippen molar-refractivity contribution in [3.8, 4) is 0 Å². The van der Waals surface area contributed by atoms with Gasteiger partial charge in [0.05, 0.1) is 11.6 Å². The molecular formula is C8H13NO2. The lowest BCUT2D eigenvalue weighted by atomic mass is 9.94. The van der Waals surface area contributed by atoms with Gasteiger partial charge in [-0.3, -0.25) is 0 Å². The molecule has 1 heterocycles. The molecule has 0 spiro atoms. The highest BCUT2D eigenvalue weighted by Gasteiger charge is 2.28. The number of nitrogens with zero attached hydrogens (tertiary/aromatic N) is 1. The van der Waals surface area contributed by atoms with E-state index in [-0.39, 0.29) is 11.6 Å². The van der Waals surface area contributed by atoms with E-state index in [4.69, 9.17) is 4.74 Å². The van der Waals surface area contributed by atoms with Crippen molar-refractivity contribution in [2.24, 2.45) is 4.99 Å². The van der Waals surface area contributed by atoms with Crippen LogP contribution in [0.25, 0.3) is 0 Å². The Labute approximate surface area is 66.5 Å². The SMILES string of the molecule is CC1(C)CC(N=C=O)CCO1. The maximum atomic E-state index is 9.95. The van der Waals surface area contributed by atoms with E-state index in [2.05, 4.69) is 4.99 Å². The van der Waals surface area contributed by atoms with Crippen molar-refractivity contribution in [1.29, 1.82) is 0 Å². The van der Waals surface area contributed by atoms with Crippen molar-refractivity contribution in [3.05, 3.63) is 0 Å². The van der Waals surface area contributed by atoms with Crippen molar-refractivity contribution in [3.63, 3.8) is 0 Å². The van der Waals surface area contributed by atoms with E-state index in [1.807, 2.05) is 13.8 Å². The number of carbonyl (C=O) groups excluding carboxylic acids is 1. The van der Waals surface area contributed by atoms with E-state index >= 15 is 0 Å². The lowest BCUT2D eigenvalue weighted by Crippen LogP contribution is -2.35. The highest BCUT2D eigenvalue weighted by atomic mass is 16.5. The quantitative estimate of drug-likeness (QED) is 0.422. The first-order valence-electron chi connectivity index (χ1n) is 3.85. The van der Waals surface area contributed by atoms with Gasteiger partial charge in [0.25, 0.3) is 0 Å². The Morgan fingerprint density at radius 3 is 2.91 bits per heavy atom. The molecule has 0 saturated carbocycles. The van der Waals surface area contributed by atoms with Crippen LogP contribution >= 0.6 is 0 Å². The van der Waals surface area contributed by atoms with Crippen LogP contribution in [-0.4, -0.2) is 24.3 Å². The fourth-order valence-electron chi connectivity index (χ4n) is 1.38. The summed E-state index contributed by atoms with van der Waals surface area (Å²) in [5.74, 6) is 0. The Kier molecular flexibility index (Phi) is 2.42. The second-order valence-corrected chi connectivity index (χ2v) is 3.48.